The molecule has 0 radical (unpaired) electrons. The highest BCUT2D eigenvalue weighted by atomic mass is 19.1. The van der Waals surface area contributed by atoms with Crippen LogP contribution in [0.3, 0.4) is 0 Å². The summed E-state index contributed by atoms with van der Waals surface area (Å²) in [7, 11) is 0. The average molecular weight is 341 g/mol. The minimum atomic E-state index is -0.437. The molecule has 25 heavy (non-hydrogen) atoms. The van der Waals surface area contributed by atoms with Crippen LogP contribution >= 0.6 is 0 Å². The summed E-state index contributed by atoms with van der Waals surface area (Å²) in [6.07, 6.45) is 2.16. The zero-order valence-electron chi connectivity index (χ0n) is 14.1. The summed E-state index contributed by atoms with van der Waals surface area (Å²) in [4.78, 5) is 28.6. The largest absolute Gasteiger partial charge is 0.348 e. The number of hydrogen-bond acceptors (Lipinski definition) is 2. The van der Waals surface area contributed by atoms with Crippen molar-refractivity contribution in [1.82, 2.24) is 9.47 Å². The van der Waals surface area contributed by atoms with Crippen LogP contribution in [0.5, 0.6) is 0 Å². The van der Waals surface area contributed by atoms with Gasteiger partial charge in [0.1, 0.15) is 5.82 Å². The fraction of sp³-hybridized carbons (Fsp3) is 0.368. The van der Waals surface area contributed by atoms with Crippen LogP contribution in [0.4, 0.5) is 10.1 Å². The third-order valence-electron chi connectivity index (χ3n) is 5.24. The van der Waals surface area contributed by atoms with Crippen LogP contribution in [0.15, 0.2) is 42.6 Å². The Bertz CT molecular complexity index is 832. The highest BCUT2D eigenvalue weighted by Crippen LogP contribution is 2.32. The van der Waals surface area contributed by atoms with E-state index in [-0.39, 0.29) is 36.5 Å². The summed E-state index contributed by atoms with van der Waals surface area (Å²) in [6.45, 7) is 3.64. The van der Waals surface area contributed by atoms with Crippen molar-refractivity contribution in [3.05, 3.63) is 54.1 Å². The van der Waals surface area contributed by atoms with Gasteiger partial charge in [-0.05, 0) is 31.2 Å². The topological polar surface area (TPSA) is 45.6 Å². The SMILES string of the molecule is CC1c2cccn2CCN1C(=O)C1CC(=O)N(c2ccccc2F)C1. The van der Waals surface area contributed by atoms with Gasteiger partial charge in [-0.2, -0.15) is 0 Å². The lowest BCUT2D eigenvalue weighted by molar-refractivity contribution is -0.139. The van der Waals surface area contributed by atoms with E-state index in [0.717, 1.165) is 12.2 Å². The van der Waals surface area contributed by atoms with Crippen molar-refractivity contribution in [1.29, 1.82) is 0 Å². The Kier molecular flexibility index (Phi) is 3.82. The third-order valence-corrected chi connectivity index (χ3v) is 5.24. The number of anilines is 1. The first-order valence-corrected chi connectivity index (χ1v) is 8.56. The molecule has 2 aromatic rings. The molecule has 5 nitrogen and oxygen atoms in total. The van der Waals surface area contributed by atoms with Gasteiger partial charge in [0.15, 0.2) is 0 Å². The molecule has 1 fully saturated rings. The van der Waals surface area contributed by atoms with Crippen molar-refractivity contribution >= 4 is 17.5 Å². The number of nitrogens with zero attached hydrogens (tertiary/aromatic N) is 3. The van der Waals surface area contributed by atoms with E-state index in [1.807, 2.05) is 30.2 Å². The fourth-order valence-electron chi connectivity index (χ4n) is 3.89. The summed E-state index contributed by atoms with van der Waals surface area (Å²) in [5.74, 6) is -1.08. The normalized spacial score (nSPS) is 23.0. The van der Waals surface area contributed by atoms with Gasteiger partial charge in [-0.3, -0.25) is 9.59 Å². The van der Waals surface area contributed by atoms with Gasteiger partial charge in [0.2, 0.25) is 11.8 Å². The van der Waals surface area contributed by atoms with E-state index >= 15 is 0 Å². The zero-order chi connectivity index (χ0) is 17.6. The number of hydrogen-bond donors (Lipinski definition) is 0. The maximum absolute atomic E-state index is 14.0. The highest BCUT2D eigenvalue weighted by molar-refractivity contribution is 6.00. The van der Waals surface area contributed by atoms with Crippen molar-refractivity contribution in [2.45, 2.75) is 25.9 Å². The number of amides is 2. The third kappa shape index (κ3) is 2.62. The van der Waals surface area contributed by atoms with Gasteiger partial charge in [0.25, 0.3) is 0 Å². The van der Waals surface area contributed by atoms with Gasteiger partial charge in [0.05, 0.1) is 17.6 Å². The Labute approximate surface area is 145 Å². The summed E-state index contributed by atoms with van der Waals surface area (Å²) >= 11 is 0. The second kappa shape index (κ2) is 6.02. The number of para-hydroxylation sites is 1. The predicted octanol–water partition coefficient (Wildman–Crippen LogP) is 2.58. The smallest absolute Gasteiger partial charge is 0.228 e. The van der Waals surface area contributed by atoms with Gasteiger partial charge in [-0.25, -0.2) is 4.39 Å². The lowest BCUT2D eigenvalue weighted by atomic mass is 10.0. The molecule has 6 heteroatoms. The molecule has 2 aliphatic rings. The number of carbonyl (C=O) groups excluding carboxylic acids is 2. The summed E-state index contributed by atoms with van der Waals surface area (Å²) in [5, 5.41) is 0. The first-order valence-electron chi connectivity index (χ1n) is 8.56. The monoisotopic (exact) mass is 341 g/mol. The molecule has 0 spiro atoms. The number of halogens is 1. The van der Waals surface area contributed by atoms with Crippen LogP contribution in [0.25, 0.3) is 0 Å². The maximum Gasteiger partial charge on any atom is 0.228 e. The summed E-state index contributed by atoms with van der Waals surface area (Å²) in [5.41, 5.74) is 1.36. The second-order valence-electron chi connectivity index (χ2n) is 6.69. The molecule has 4 rings (SSSR count). The Morgan fingerprint density at radius 1 is 1.16 bits per heavy atom. The fourth-order valence-corrected chi connectivity index (χ4v) is 3.89. The molecule has 0 saturated carbocycles. The lowest BCUT2D eigenvalue weighted by Crippen LogP contribution is -2.44. The minimum absolute atomic E-state index is 0.0196. The molecule has 2 amide bonds. The van der Waals surface area contributed by atoms with E-state index in [9.17, 15) is 14.0 Å². The van der Waals surface area contributed by atoms with Crippen LogP contribution < -0.4 is 4.90 Å². The number of aromatic nitrogens is 1. The molecule has 0 N–H and O–H groups in total. The van der Waals surface area contributed by atoms with E-state index in [1.165, 1.54) is 11.0 Å². The number of carbonyl (C=O) groups is 2. The van der Waals surface area contributed by atoms with Gasteiger partial charge >= 0.3 is 0 Å². The van der Waals surface area contributed by atoms with Crippen LogP contribution in [0.2, 0.25) is 0 Å². The molecule has 130 valence electrons. The Morgan fingerprint density at radius 2 is 1.96 bits per heavy atom. The van der Waals surface area contributed by atoms with Gasteiger partial charge < -0.3 is 14.4 Å². The first kappa shape index (κ1) is 15.9. The van der Waals surface area contributed by atoms with Crippen LogP contribution in [0.1, 0.15) is 25.1 Å². The molecule has 1 saturated heterocycles. The van der Waals surface area contributed by atoms with Gasteiger partial charge in [-0.15, -0.1) is 0 Å². The Balaban J connectivity index is 1.53. The van der Waals surface area contributed by atoms with Gasteiger partial charge in [-0.1, -0.05) is 12.1 Å². The van der Waals surface area contributed by atoms with Crippen LogP contribution in [-0.2, 0) is 16.1 Å². The quantitative estimate of drug-likeness (QED) is 0.843. The molecule has 1 aromatic heterocycles. The van der Waals surface area contributed by atoms with Crippen molar-refractivity contribution < 1.29 is 14.0 Å². The van der Waals surface area contributed by atoms with Crippen molar-refractivity contribution in [3.63, 3.8) is 0 Å². The van der Waals surface area contributed by atoms with E-state index in [2.05, 4.69) is 4.57 Å². The molecule has 2 aliphatic heterocycles. The van der Waals surface area contributed by atoms with Crippen molar-refractivity contribution in [3.8, 4) is 0 Å². The van der Waals surface area contributed by atoms with E-state index in [0.29, 0.717) is 6.54 Å². The average Bonchev–Trinajstić information content (AvgIpc) is 3.22. The lowest BCUT2D eigenvalue weighted by Gasteiger charge is -2.36. The summed E-state index contributed by atoms with van der Waals surface area (Å²) < 4.78 is 16.2. The standard InChI is InChI=1S/C19H20FN3O2/c1-13-16-7-4-8-21(16)9-10-22(13)19(25)14-11-18(24)23(12-14)17-6-3-2-5-15(17)20/h2-8,13-14H,9-12H2,1H3. The predicted molar refractivity (Wildman–Crippen MR) is 91.4 cm³/mol. The van der Waals surface area contributed by atoms with Crippen molar-refractivity contribution in [2.75, 3.05) is 18.0 Å². The zero-order valence-corrected chi connectivity index (χ0v) is 14.1. The molecular weight excluding hydrogens is 321 g/mol. The molecule has 3 heterocycles. The first-order chi connectivity index (χ1) is 12.1. The molecule has 2 unspecified atom stereocenters. The second-order valence-corrected chi connectivity index (χ2v) is 6.69. The maximum atomic E-state index is 14.0. The van der Waals surface area contributed by atoms with E-state index < -0.39 is 11.7 Å². The van der Waals surface area contributed by atoms with Crippen molar-refractivity contribution in [2.24, 2.45) is 5.92 Å². The van der Waals surface area contributed by atoms with E-state index in [4.69, 9.17) is 0 Å². The van der Waals surface area contributed by atoms with Gasteiger partial charge in [0, 0.05) is 37.9 Å². The van der Waals surface area contributed by atoms with E-state index in [1.54, 1.807) is 18.2 Å². The minimum Gasteiger partial charge on any atom is -0.348 e. The molecule has 0 bridgehead atoms. The summed E-state index contributed by atoms with van der Waals surface area (Å²) in [6, 6.07) is 10.2. The number of fused-ring (bicyclic) bond motifs is 1. The molecular formula is C19H20FN3O2. The van der Waals surface area contributed by atoms with Crippen LogP contribution in [0, 0.1) is 11.7 Å². The highest BCUT2D eigenvalue weighted by Gasteiger charge is 2.40. The molecule has 2 atom stereocenters. The Morgan fingerprint density at radius 3 is 2.76 bits per heavy atom. The molecule has 1 aromatic carbocycles. The Hall–Kier alpha value is -2.63. The number of rotatable bonds is 2. The molecule has 0 aliphatic carbocycles. The van der Waals surface area contributed by atoms with Crippen LogP contribution in [-0.4, -0.2) is 34.4 Å². The number of benzene rings is 1.